The highest BCUT2D eigenvalue weighted by Gasteiger charge is 2.12. The van der Waals surface area contributed by atoms with E-state index < -0.39 is 16.9 Å². The topological polar surface area (TPSA) is 111 Å². The fourth-order valence-corrected chi connectivity index (χ4v) is 3.11. The predicted molar refractivity (Wildman–Crippen MR) is 106 cm³/mol. The zero-order chi connectivity index (χ0) is 19.2. The first kappa shape index (κ1) is 18.4. The van der Waals surface area contributed by atoms with E-state index >= 15 is 0 Å². The van der Waals surface area contributed by atoms with Crippen LogP contribution in [0.2, 0.25) is 0 Å². The van der Waals surface area contributed by atoms with E-state index in [4.69, 9.17) is 0 Å². The summed E-state index contributed by atoms with van der Waals surface area (Å²) in [5.41, 5.74) is 2.84. The van der Waals surface area contributed by atoms with Crippen molar-refractivity contribution in [3.05, 3.63) is 65.5 Å². The van der Waals surface area contributed by atoms with Crippen LogP contribution in [0.3, 0.4) is 0 Å². The molecule has 0 aliphatic rings. The Balaban J connectivity index is 1.77. The van der Waals surface area contributed by atoms with Crippen LogP contribution >= 0.6 is 0 Å². The van der Waals surface area contributed by atoms with E-state index in [2.05, 4.69) is 20.0 Å². The first-order valence-corrected chi connectivity index (χ1v) is 9.64. The van der Waals surface area contributed by atoms with Gasteiger partial charge in [-0.25, -0.2) is 9.19 Å². The molecule has 0 aliphatic carbocycles. The van der Waals surface area contributed by atoms with Gasteiger partial charge in [0.2, 0.25) is 0 Å². The average Bonchev–Trinajstić information content (AvgIpc) is 3.07. The van der Waals surface area contributed by atoms with E-state index in [1.807, 2.05) is 30.3 Å². The molecule has 8 heteroatoms. The number of amides is 1. The van der Waals surface area contributed by atoms with Gasteiger partial charge in [0.25, 0.3) is 5.91 Å². The van der Waals surface area contributed by atoms with E-state index in [-0.39, 0.29) is 12.1 Å². The summed E-state index contributed by atoms with van der Waals surface area (Å²) in [6.45, 7) is 0.202. The van der Waals surface area contributed by atoms with Gasteiger partial charge in [0.15, 0.2) is 0 Å². The minimum absolute atomic E-state index is 0.00994. The van der Waals surface area contributed by atoms with Gasteiger partial charge in [-0.3, -0.25) is 4.79 Å². The van der Waals surface area contributed by atoms with Crippen LogP contribution in [0.4, 0.5) is 5.69 Å². The van der Waals surface area contributed by atoms with Crippen molar-refractivity contribution < 1.29 is 9.00 Å². The maximum absolute atomic E-state index is 12.4. The fraction of sp³-hybridized carbons (Fsp3) is 0.105. The predicted octanol–water partition coefficient (Wildman–Crippen LogP) is 2.49. The number of fused-ring (bicyclic) bond motifs is 1. The largest absolute Gasteiger partial charge is 0.347 e. The number of hydrogen-bond donors (Lipinski definition) is 3. The number of aromatic nitrogens is 2. The van der Waals surface area contributed by atoms with E-state index in [0.29, 0.717) is 16.9 Å². The molecule has 0 fully saturated rings. The summed E-state index contributed by atoms with van der Waals surface area (Å²) < 4.78 is 14.2. The number of carbonyl (C=O) groups is 1. The third kappa shape index (κ3) is 4.40. The van der Waals surface area contributed by atoms with Crippen molar-refractivity contribution in [1.82, 2.24) is 15.3 Å². The number of nitrogens with zero attached hydrogens (tertiary/aromatic N) is 2. The van der Waals surface area contributed by atoms with Gasteiger partial charge in [-0.05, 0) is 29.8 Å². The van der Waals surface area contributed by atoms with Gasteiger partial charge >= 0.3 is 0 Å². The van der Waals surface area contributed by atoms with Crippen molar-refractivity contribution in [2.75, 3.05) is 11.0 Å². The van der Waals surface area contributed by atoms with Gasteiger partial charge in [-0.1, -0.05) is 18.2 Å². The molecule has 1 atom stereocenters. The number of aromatic amines is 1. The van der Waals surface area contributed by atoms with E-state index in [1.54, 1.807) is 24.5 Å². The molecule has 0 bridgehead atoms. The molecule has 0 radical (unpaired) electrons. The molecule has 1 aromatic carbocycles. The van der Waals surface area contributed by atoms with Crippen LogP contribution < -0.4 is 10.0 Å². The monoisotopic (exact) mass is 379 g/mol. The molecule has 3 N–H and O–H groups in total. The first-order valence-electron chi connectivity index (χ1n) is 8.08. The summed E-state index contributed by atoms with van der Waals surface area (Å²) >= 11 is 0. The lowest BCUT2D eigenvalue weighted by Gasteiger charge is -2.10. The van der Waals surface area contributed by atoms with Crippen molar-refractivity contribution in [3.8, 4) is 6.07 Å². The van der Waals surface area contributed by atoms with Gasteiger partial charge in [-0.15, -0.1) is 0 Å². The molecule has 3 aromatic rings. The van der Waals surface area contributed by atoms with Gasteiger partial charge < -0.3 is 15.0 Å². The third-order valence-corrected chi connectivity index (χ3v) is 4.37. The van der Waals surface area contributed by atoms with E-state index in [0.717, 1.165) is 10.9 Å². The van der Waals surface area contributed by atoms with Crippen molar-refractivity contribution in [3.63, 3.8) is 0 Å². The molecule has 2 aromatic heterocycles. The molecule has 0 aliphatic heterocycles. The number of nitrogens with one attached hydrogen (secondary N) is 3. The van der Waals surface area contributed by atoms with Crippen LogP contribution in [0.1, 0.15) is 11.1 Å². The summed E-state index contributed by atoms with van der Waals surface area (Å²) in [5, 5.41) is 12.9. The van der Waals surface area contributed by atoms with Crippen molar-refractivity contribution in [1.29, 1.82) is 5.26 Å². The minimum atomic E-state index is -1.22. The third-order valence-electron chi connectivity index (χ3n) is 3.86. The number of nitriles is 1. The highest BCUT2D eigenvalue weighted by molar-refractivity contribution is 7.85. The fourth-order valence-electron chi connectivity index (χ4n) is 2.60. The molecule has 7 nitrogen and oxygen atoms in total. The molecule has 1 unspecified atom stereocenters. The number of carbonyl (C=O) groups excluding carboxylic acids is 1. The number of pyridine rings is 1. The number of benzene rings is 1. The molecular formula is C19H17N5O2S. The van der Waals surface area contributed by atoms with Gasteiger partial charge in [0.1, 0.15) is 28.3 Å². The zero-order valence-corrected chi connectivity index (χ0v) is 15.3. The second kappa shape index (κ2) is 8.29. The Bertz CT molecular complexity index is 1080. The second-order valence-electron chi connectivity index (χ2n) is 5.71. The maximum Gasteiger partial charge on any atom is 0.262 e. The molecule has 0 saturated carbocycles. The normalized spacial score (nSPS) is 12.4. The van der Waals surface area contributed by atoms with Gasteiger partial charge in [0, 0.05) is 36.1 Å². The standard InChI is InChI=1S/C19H17N5O2S/c1-27(26)24-17-7-3-2-5-13(17)11-23-19(25)14(10-20)9-15-12-22-18-16(15)6-4-8-21-18/h2-9,12,24H,11H2,1H3,(H,21,22)(H,23,25)/b14-9+. The Morgan fingerprint density at radius 2 is 2.15 bits per heavy atom. The molecule has 0 saturated heterocycles. The summed E-state index contributed by atoms with van der Waals surface area (Å²) in [7, 11) is -1.22. The van der Waals surface area contributed by atoms with Gasteiger partial charge in [-0.2, -0.15) is 5.26 Å². The Hall–Kier alpha value is -3.44. The quantitative estimate of drug-likeness (QED) is 0.451. The molecule has 136 valence electrons. The molecule has 0 spiro atoms. The molecular weight excluding hydrogens is 362 g/mol. The van der Waals surface area contributed by atoms with Crippen LogP contribution in [0.25, 0.3) is 17.1 Å². The van der Waals surface area contributed by atoms with Crippen LogP contribution in [0, 0.1) is 11.3 Å². The van der Waals surface area contributed by atoms with Crippen LogP contribution in [-0.2, 0) is 22.3 Å². The number of hydrogen-bond acceptors (Lipinski definition) is 4. The number of anilines is 1. The van der Waals surface area contributed by atoms with Crippen LogP contribution in [-0.4, -0.2) is 26.3 Å². The van der Waals surface area contributed by atoms with Crippen LogP contribution in [0.5, 0.6) is 0 Å². The SMILES string of the molecule is CS(=O)Nc1ccccc1CNC(=O)/C(C#N)=C/c1c[nH]c2ncccc12. The lowest BCUT2D eigenvalue weighted by atomic mass is 10.1. The van der Waals surface area contributed by atoms with Crippen molar-refractivity contribution in [2.24, 2.45) is 0 Å². The Labute approximate surface area is 158 Å². The van der Waals surface area contributed by atoms with Gasteiger partial charge in [0.05, 0.1) is 5.69 Å². The second-order valence-corrected chi connectivity index (χ2v) is 6.82. The minimum Gasteiger partial charge on any atom is -0.347 e. The highest BCUT2D eigenvalue weighted by Crippen LogP contribution is 2.19. The maximum atomic E-state index is 12.4. The summed E-state index contributed by atoms with van der Waals surface area (Å²) in [6.07, 6.45) is 6.43. The van der Waals surface area contributed by atoms with E-state index in [1.165, 1.54) is 12.3 Å². The summed E-state index contributed by atoms with van der Waals surface area (Å²) in [6, 6.07) is 12.8. The average molecular weight is 379 g/mol. The molecule has 1 amide bonds. The molecule has 3 rings (SSSR count). The lowest BCUT2D eigenvalue weighted by molar-refractivity contribution is -0.117. The Morgan fingerprint density at radius 3 is 2.93 bits per heavy atom. The Morgan fingerprint density at radius 1 is 1.33 bits per heavy atom. The zero-order valence-electron chi connectivity index (χ0n) is 14.5. The van der Waals surface area contributed by atoms with Crippen molar-refractivity contribution >= 4 is 39.7 Å². The van der Waals surface area contributed by atoms with Crippen LogP contribution in [0.15, 0.2) is 54.4 Å². The van der Waals surface area contributed by atoms with Crippen molar-refractivity contribution in [2.45, 2.75) is 6.54 Å². The first-order chi connectivity index (χ1) is 13.1. The smallest absolute Gasteiger partial charge is 0.262 e. The molecule has 27 heavy (non-hydrogen) atoms. The number of para-hydroxylation sites is 1. The lowest BCUT2D eigenvalue weighted by Crippen LogP contribution is -2.24. The Kier molecular flexibility index (Phi) is 5.64. The molecule has 2 heterocycles. The highest BCUT2D eigenvalue weighted by atomic mass is 32.2. The number of rotatable bonds is 6. The summed E-state index contributed by atoms with van der Waals surface area (Å²) in [4.78, 5) is 19.6. The van der Waals surface area contributed by atoms with E-state index in [9.17, 15) is 14.3 Å². The summed E-state index contributed by atoms with van der Waals surface area (Å²) in [5.74, 6) is -0.483. The number of H-pyrrole nitrogens is 1.